The molecule has 0 amide bonds. The normalized spacial score (nSPS) is 9.67. The molecule has 12 heavy (non-hydrogen) atoms. The lowest BCUT2D eigenvalue weighted by Gasteiger charge is -1.96. The average Bonchev–Trinajstić information content (AvgIpc) is 2.05. The second-order valence-corrected chi connectivity index (χ2v) is 3.39. The van der Waals surface area contributed by atoms with Crippen LogP contribution in [0.1, 0.15) is 0 Å². The summed E-state index contributed by atoms with van der Waals surface area (Å²) in [6, 6.07) is 9.68. The number of hydrogen-bond acceptors (Lipinski definition) is 3. The first-order chi connectivity index (χ1) is 5.79. The Morgan fingerprint density at radius 2 is 2.00 bits per heavy atom. The minimum Gasteiger partial charge on any atom is -0.265 e. The molecule has 1 aromatic carbocycles. The molecule has 1 aromatic rings. The van der Waals surface area contributed by atoms with E-state index in [-0.39, 0.29) is 11.5 Å². The minimum atomic E-state index is -0.296. The Kier molecular flexibility index (Phi) is 3.60. The lowest BCUT2D eigenvalue weighted by Crippen LogP contribution is -2.02. The Bertz CT molecular complexity index is 250. The molecule has 3 nitrogen and oxygen atoms in total. The molecule has 0 heterocycles. The van der Waals surface area contributed by atoms with Crippen molar-refractivity contribution in [1.82, 2.24) is 0 Å². The maximum absolute atomic E-state index is 9.98. The minimum absolute atomic E-state index is 0.0273. The molecule has 0 fully saturated rings. The van der Waals surface area contributed by atoms with Gasteiger partial charge in [0.05, 0.1) is 5.75 Å². The van der Waals surface area contributed by atoms with Crippen molar-refractivity contribution < 1.29 is 4.92 Å². The molecule has 0 unspecified atom stereocenters. The summed E-state index contributed by atoms with van der Waals surface area (Å²) in [6.07, 6.45) is 0. The van der Waals surface area contributed by atoms with Gasteiger partial charge in [0.1, 0.15) is 0 Å². The molecule has 0 N–H and O–H groups in total. The third-order valence-corrected chi connectivity index (χ3v) is 2.28. The molecule has 0 saturated carbocycles. The van der Waals surface area contributed by atoms with Crippen molar-refractivity contribution in [3.05, 3.63) is 40.4 Å². The summed E-state index contributed by atoms with van der Waals surface area (Å²) in [4.78, 5) is 10.8. The summed E-state index contributed by atoms with van der Waals surface area (Å²) in [5.74, 6) is 0.539. The van der Waals surface area contributed by atoms with Gasteiger partial charge in [-0.2, -0.15) is 0 Å². The van der Waals surface area contributed by atoms with Gasteiger partial charge in [-0.25, -0.2) is 0 Å². The lowest BCUT2D eigenvalue weighted by atomic mass is 10.4. The Hall–Kier alpha value is -1.03. The fourth-order valence-electron chi connectivity index (χ4n) is 0.755. The van der Waals surface area contributed by atoms with Gasteiger partial charge in [0.25, 0.3) is 0 Å². The van der Waals surface area contributed by atoms with Crippen molar-refractivity contribution in [2.75, 3.05) is 12.3 Å². The van der Waals surface area contributed by atoms with Crippen molar-refractivity contribution in [1.29, 1.82) is 0 Å². The Morgan fingerprint density at radius 3 is 2.58 bits per heavy atom. The van der Waals surface area contributed by atoms with Gasteiger partial charge in [-0.15, -0.1) is 11.8 Å². The molecule has 0 aliphatic carbocycles. The van der Waals surface area contributed by atoms with Crippen LogP contribution in [0.4, 0.5) is 0 Å². The molecule has 0 bridgehead atoms. The monoisotopic (exact) mass is 183 g/mol. The Morgan fingerprint density at radius 1 is 1.33 bits per heavy atom. The highest BCUT2D eigenvalue weighted by Crippen LogP contribution is 2.15. The fraction of sp³-hybridized carbons (Fsp3) is 0.250. The molecule has 0 aromatic heterocycles. The Labute approximate surface area is 74.9 Å². The molecule has 1 rings (SSSR count). The highest BCUT2D eigenvalue weighted by Gasteiger charge is 1.97. The zero-order valence-electron chi connectivity index (χ0n) is 6.47. The first-order valence-corrected chi connectivity index (χ1v) is 4.57. The Balaban J connectivity index is 2.29. The van der Waals surface area contributed by atoms with E-state index in [1.165, 1.54) is 11.8 Å². The summed E-state index contributed by atoms with van der Waals surface area (Å²) < 4.78 is 0. The van der Waals surface area contributed by atoms with Crippen LogP contribution in [0, 0.1) is 10.1 Å². The van der Waals surface area contributed by atoms with E-state index in [4.69, 9.17) is 0 Å². The van der Waals surface area contributed by atoms with E-state index in [1.807, 2.05) is 30.3 Å². The van der Waals surface area contributed by atoms with E-state index in [9.17, 15) is 10.1 Å². The number of nitrogens with zero attached hydrogens (tertiary/aromatic N) is 1. The van der Waals surface area contributed by atoms with Crippen molar-refractivity contribution >= 4 is 11.8 Å². The van der Waals surface area contributed by atoms with Crippen LogP contribution in [0.15, 0.2) is 35.2 Å². The largest absolute Gasteiger partial charge is 0.265 e. The van der Waals surface area contributed by atoms with Crippen LogP contribution >= 0.6 is 11.8 Å². The van der Waals surface area contributed by atoms with E-state index in [0.29, 0.717) is 5.75 Å². The number of benzene rings is 1. The van der Waals surface area contributed by atoms with Gasteiger partial charge >= 0.3 is 0 Å². The van der Waals surface area contributed by atoms with E-state index < -0.39 is 0 Å². The second-order valence-electron chi connectivity index (χ2n) is 2.22. The second kappa shape index (κ2) is 4.77. The van der Waals surface area contributed by atoms with Gasteiger partial charge in [0.15, 0.2) is 0 Å². The van der Waals surface area contributed by atoms with Crippen molar-refractivity contribution in [3.8, 4) is 0 Å². The van der Waals surface area contributed by atoms with Crippen LogP contribution in [0.5, 0.6) is 0 Å². The number of hydrogen-bond donors (Lipinski definition) is 0. The summed E-state index contributed by atoms with van der Waals surface area (Å²) in [5, 5.41) is 9.98. The van der Waals surface area contributed by atoms with E-state index >= 15 is 0 Å². The zero-order chi connectivity index (χ0) is 8.81. The number of rotatable bonds is 4. The highest BCUT2D eigenvalue weighted by atomic mass is 32.2. The molecule has 0 saturated heterocycles. The smallest absolute Gasteiger partial charge is 0.213 e. The van der Waals surface area contributed by atoms with E-state index in [0.717, 1.165) is 4.90 Å². The zero-order valence-corrected chi connectivity index (χ0v) is 7.29. The standard InChI is InChI=1S/C8H9NO2S/c10-9(11)6-7-12-8-4-2-1-3-5-8/h1-5H,6-7H2. The van der Waals surface area contributed by atoms with Gasteiger partial charge in [-0.05, 0) is 12.1 Å². The maximum atomic E-state index is 9.98. The van der Waals surface area contributed by atoms with Gasteiger partial charge in [0.2, 0.25) is 6.54 Å². The summed E-state index contributed by atoms with van der Waals surface area (Å²) in [5.41, 5.74) is 0. The van der Waals surface area contributed by atoms with Crippen LogP contribution in [0.3, 0.4) is 0 Å². The predicted molar refractivity (Wildman–Crippen MR) is 49.0 cm³/mol. The van der Waals surface area contributed by atoms with Gasteiger partial charge < -0.3 is 0 Å². The molecule has 0 atom stereocenters. The summed E-state index contributed by atoms with van der Waals surface area (Å²) in [7, 11) is 0. The van der Waals surface area contributed by atoms with Crippen LogP contribution in [0.2, 0.25) is 0 Å². The highest BCUT2D eigenvalue weighted by molar-refractivity contribution is 7.99. The number of nitro groups is 1. The first kappa shape index (κ1) is 9.06. The fourth-order valence-corrected chi connectivity index (χ4v) is 1.58. The molecule has 0 aliphatic rings. The van der Waals surface area contributed by atoms with Crippen molar-refractivity contribution in [3.63, 3.8) is 0 Å². The maximum Gasteiger partial charge on any atom is 0.213 e. The average molecular weight is 183 g/mol. The van der Waals surface area contributed by atoms with Gasteiger partial charge in [-0.1, -0.05) is 18.2 Å². The SMILES string of the molecule is O=[N+]([O-])CCSc1ccccc1. The third kappa shape index (κ3) is 3.39. The number of thioether (sulfide) groups is 1. The molecule has 4 heteroatoms. The van der Waals surface area contributed by atoms with Crippen LogP contribution in [-0.2, 0) is 0 Å². The van der Waals surface area contributed by atoms with Crippen molar-refractivity contribution in [2.24, 2.45) is 0 Å². The van der Waals surface area contributed by atoms with Gasteiger partial charge in [0, 0.05) is 9.82 Å². The van der Waals surface area contributed by atoms with E-state index in [2.05, 4.69) is 0 Å². The molecular weight excluding hydrogens is 174 g/mol. The third-order valence-electron chi connectivity index (χ3n) is 1.29. The summed E-state index contributed by atoms with van der Waals surface area (Å²) in [6.45, 7) is 0.0273. The first-order valence-electron chi connectivity index (χ1n) is 3.58. The predicted octanol–water partition coefficient (Wildman–Crippen LogP) is 2.06. The van der Waals surface area contributed by atoms with Crippen molar-refractivity contribution in [2.45, 2.75) is 4.90 Å². The molecule has 64 valence electrons. The molecule has 0 aliphatic heterocycles. The molecule has 0 spiro atoms. The molecule has 0 radical (unpaired) electrons. The van der Waals surface area contributed by atoms with Crippen LogP contribution in [-0.4, -0.2) is 17.2 Å². The molecular formula is C8H9NO2S. The van der Waals surface area contributed by atoms with Crippen LogP contribution < -0.4 is 0 Å². The quantitative estimate of drug-likeness (QED) is 0.407. The van der Waals surface area contributed by atoms with Crippen LogP contribution in [0.25, 0.3) is 0 Å². The lowest BCUT2D eigenvalue weighted by molar-refractivity contribution is -0.474. The topological polar surface area (TPSA) is 43.1 Å². The summed E-state index contributed by atoms with van der Waals surface area (Å²) >= 11 is 1.51. The van der Waals surface area contributed by atoms with E-state index in [1.54, 1.807) is 0 Å². The van der Waals surface area contributed by atoms with Gasteiger partial charge in [-0.3, -0.25) is 10.1 Å².